The molecular formula is C31H32O3. The maximum absolute atomic E-state index is 12.4. The van der Waals surface area contributed by atoms with Crippen molar-refractivity contribution < 1.29 is 14.3 Å². The Hall–Kier alpha value is -3.17. The van der Waals surface area contributed by atoms with Crippen LogP contribution in [0.15, 0.2) is 78.9 Å². The monoisotopic (exact) mass is 452 g/mol. The molecule has 2 aliphatic rings. The zero-order valence-electron chi connectivity index (χ0n) is 19.7. The van der Waals surface area contributed by atoms with Crippen LogP contribution in [0.5, 0.6) is 5.75 Å². The molecule has 3 nitrogen and oxygen atoms in total. The van der Waals surface area contributed by atoms with Gasteiger partial charge in [-0.15, -0.1) is 0 Å². The van der Waals surface area contributed by atoms with Crippen LogP contribution in [-0.2, 0) is 16.0 Å². The van der Waals surface area contributed by atoms with Gasteiger partial charge in [0.05, 0.1) is 0 Å². The summed E-state index contributed by atoms with van der Waals surface area (Å²) in [5, 5.41) is 0. The molecule has 3 heteroatoms. The smallest absolute Gasteiger partial charge is 0.159 e. The molecule has 0 aromatic heterocycles. The third-order valence-electron chi connectivity index (χ3n) is 6.92. The first-order chi connectivity index (χ1) is 16.8. The van der Waals surface area contributed by atoms with Crippen molar-refractivity contribution in [3.63, 3.8) is 0 Å². The molecule has 34 heavy (non-hydrogen) atoms. The Morgan fingerprint density at radius 3 is 2.56 bits per heavy atom. The predicted octanol–water partition coefficient (Wildman–Crippen LogP) is 7.35. The highest BCUT2D eigenvalue weighted by atomic mass is 16.5. The van der Waals surface area contributed by atoms with E-state index in [2.05, 4.69) is 42.5 Å². The van der Waals surface area contributed by atoms with Crippen molar-refractivity contribution in [1.29, 1.82) is 0 Å². The standard InChI is InChI=1S/C31H32O3/c32-28-11-5-9-26-8-1-2-13-30(26)31(22-28)34-29-12-6-10-27(21-29)25-16-14-24(15-17-25)23-7-3-4-19-33-20-18-23/h1-2,6,8,10,12-17,21-23H,3-5,7,9,11,18-20H2. The van der Waals surface area contributed by atoms with Crippen molar-refractivity contribution in [1.82, 2.24) is 0 Å². The molecule has 5 rings (SSSR count). The molecule has 1 heterocycles. The molecule has 1 atom stereocenters. The topological polar surface area (TPSA) is 35.5 Å². The van der Waals surface area contributed by atoms with Crippen LogP contribution in [0, 0.1) is 0 Å². The minimum absolute atomic E-state index is 0.121. The van der Waals surface area contributed by atoms with Crippen LogP contribution in [0.4, 0.5) is 0 Å². The molecule has 1 saturated heterocycles. The minimum Gasteiger partial charge on any atom is -0.457 e. The van der Waals surface area contributed by atoms with E-state index in [1.807, 2.05) is 30.3 Å². The van der Waals surface area contributed by atoms with Crippen molar-refractivity contribution in [3.8, 4) is 16.9 Å². The van der Waals surface area contributed by atoms with Crippen LogP contribution in [-0.4, -0.2) is 19.0 Å². The lowest BCUT2D eigenvalue weighted by Crippen LogP contribution is -2.09. The Morgan fingerprint density at radius 2 is 1.65 bits per heavy atom. The van der Waals surface area contributed by atoms with Gasteiger partial charge in [-0.25, -0.2) is 0 Å². The van der Waals surface area contributed by atoms with Crippen molar-refractivity contribution in [2.24, 2.45) is 0 Å². The Morgan fingerprint density at radius 1 is 0.765 bits per heavy atom. The van der Waals surface area contributed by atoms with Gasteiger partial charge in [-0.1, -0.05) is 67.1 Å². The molecule has 0 spiro atoms. The van der Waals surface area contributed by atoms with Crippen LogP contribution in [0.3, 0.4) is 0 Å². The second-order valence-electron chi connectivity index (χ2n) is 9.33. The van der Waals surface area contributed by atoms with Gasteiger partial charge in [0.2, 0.25) is 0 Å². The Balaban J connectivity index is 1.36. The number of ether oxygens (including phenoxy) is 2. The van der Waals surface area contributed by atoms with E-state index in [1.165, 1.54) is 29.5 Å². The number of allylic oxidation sites excluding steroid dienone is 1. The molecule has 3 aromatic carbocycles. The van der Waals surface area contributed by atoms with E-state index in [1.54, 1.807) is 6.08 Å². The van der Waals surface area contributed by atoms with E-state index in [0.29, 0.717) is 18.1 Å². The lowest BCUT2D eigenvalue weighted by Gasteiger charge is -2.20. The molecule has 174 valence electrons. The summed E-state index contributed by atoms with van der Waals surface area (Å²) in [6.45, 7) is 1.76. The molecule has 0 saturated carbocycles. The van der Waals surface area contributed by atoms with E-state index in [-0.39, 0.29) is 5.78 Å². The number of hydrogen-bond acceptors (Lipinski definition) is 3. The van der Waals surface area contributed by atoms with Crippen molar-refractivity contribution in [3.05, 3.63) is 95.6 Å². The quantitative estimate of drug-likeness (QED) is 0.415. The normalized spacial score (nSPS) is 19.1. The summed E-state index contributed by atoms with van der Waals surface area (Å²) in [5.74, 6) is 2.08. The Kier molecular flexibility index (Phi) is 7.21. The van der Waals surface area contributed by atoms with Crippen LogP contribution in [0.25, 0.3) is 16.9 Å². The summed E-state index contributed by atoms with van der Waals surface area (Å²) in [5.41, 5.74) is 5.91. The number of hydrogen-bond donors (Lipinski definition) is 0. The first-order valence-corrected chi connectivity index (χ1v) is 12.5. The van der Waals surface area contributed by atoms with Crippen LogP contribution >= 0.6 is 0 Å². The number of rotatable bonds is 4. The van der Waals surface area contributed by atoms with Gasteiger partial charge in [-0.3, -0.25) is 4.79 Å². The molecule has 0 radical (unpaired) electrons. The second-order valence-corrected chi connectivity index (χ2v) is 9.33. The third-order valence-corrected chi connectivity index (χ3v) is 6.92. The van der Waals surface area contributed by atoms with Gasteiger partial charge >= 0.3 is 0 Å². The van der Waals surface area contributed by atoms with Gasteiger partial charge < -0.3 is 9.47 Å². The minimum atomic E-state index is 0.121. The highest BCUT2D eigenvalue weighted by Gasteiger charge is 2.16. The summed E-state index contributed by atoms with van der Waals surface area (Å²) >= 11 is 0. The SMILES string of the molecule is O=C1C=C(Oc2cccc(-c3ccc(C4CCCCOCC4)cc3)c2)c2ccccc2CCC1. The van der Waals surface area contributed by atoms with Crippen LogP contribution in [0.1, 0.15) is 61.1 Å². The molecule has 1 aliphatic heterocycles. The number of benzene rings is 3. The number of aryl methyl sites for hydroxylation is 1. The van der Waals surface area contributed by atoms with Crippen molar-refractivity contribution >= 4 is 11.5 Å². The first-order valence-electron chi connectivity index (χ1n) is 12.5. The van der Waals surface area contributed by atoms with Gasteiger partial charge in [-0.2, -0.15) is 0 Å². The molecule has 1 fully saturated rings. The van der Waals surface area contributed by atoms with Gasteiger partial charge in [-0.05, 0) is 72.4 Å². The lowest BCUT2D eigenvalue weighted by molar-refractivity contribution is -0.114. The number of carbonyl (C=O) groups excluding carboxylic acids is 1. The summed E-state index contributed by atoms with van der Waals surface area (Å²) in [4.78, 5) is 12.4. The van der Waals surface area contributed by atoms with E-state index in [0.717, 1.165) is 55.8 Å². The zero-order valence-corrected chi connectivity index (χ0v) is 19.7. The van der Waals surface area contributed by atoms with Crippen molar-refractivity contribution in [2.45, 2.75) is 50.9 Å². The van der Waals surface area contributed by atoms with Gasteiger partial charge in [0, 0.05) is 31.3 Å². The fourth-order valence-electron chi connectivity index (χ4n) is 5.03. The Bertz CT molecular complexity index is 1150. The lowest BCUT2D eigenvalue weighted by atomic mass is 9.89. The number of carbonyl (C=O) groups is 1. The molecule has 1 aliphatic carbocycles. The molecule has 0 bridgehead atoms. The van der Waals surface area contributed by atoms with Crippen LogP contribution < -0.4 is 4.74 Å². The van der Waals surface area contributed by atoms with Gasteiger partial charge in [0.15, 0.2) is 5.78 Å². The summed E-state index contributed by atoms with van der Waals surface area (Å²) in [6.07, 6.45) is 8.71. The molecule has 3 aromatic rings. The molecular weight excluding hydrogens is 420 g/mol. The Labute approximate surface area is 202 Å². The molecule has 1 unspecified atom stereocenters. The summed E-state index contributed by atoms with van der Waals surface area (Å²) in [6, 6.07) is 25.3. The maximum atomic E-state index is 12.4. The number of fused-ring (bicyclic) bond motifs is 1. The van der Waals surface area contributed by atoms with E-state index < -0.39 is 0 Å². The van der Waals surface area contributed by atoms with E-state index in [9.17, 15) is 4.79 Å². The number of ketones is 1. The summed E-state index contributed by atoms with van der Waals surface area (Å²) < 4.78 is 12.0. The first kappa shape index (κ1) is 22.6. The summed E-state index contributed by atoms with van der Waals surface area (Å²) in [7, 11) is 0. The molecule has 0 N–H and O–H groups in total. The second kappa shape index (κ2) is 10.8. The van der Waals surface area contributed by atoms with E-state index >= 15 is 0 Å². The fourth-order valence-corrected chi connectivity index (χ4v) is 5.03. The maximum Gasteiger partial charge on any atom is 0.159 e. The zero-order chi connectivity index (χ0) is 23.2. The highest BCUT2D eigenvalue weighted by molar-refractivity contribution is 5.96. The predicted molar refractivity (Wildman–Crippen MR) is 137 cm³/mol. The largest absolute Gasteiger partial charge is 0.457 e. The molecule has 0 amide bonds. The van der Waals surface area contributed by atoms with E-state index in [4.69, 9.17) is 9.47 Å². The van der Waals surface area contributed by atoms with Crippen molar-refractivity contribution in [2.75, 3.05) is 13.2 Å². The highest BCUT2D eigenvalue weighted by Crippen LogP contribution is 2.32. The van der Waals surface area contributed by atoms with Gasteiger partial charge in [0.1, 0.15) is 11.5 Å². The third kappa shape index (κ3) is 5.48. The average Bonchev–Trinajstić information content (AvgIpc) is 2.83. The van der Waals surface area contributed by atoms with Gasteiger partial charge in [0.25, 0.3) is 0 Å². The fraction of sp³-hybridized carbons (Fsp3) is 0.323. The van der Waals surface area contributed by atoms with Crippen LogP contribution in [0.2, 0.25) is 0 Å². The average molecular weight is 453 g/mol.